The minimum absolute atomic E-state index is 0.151. The van der Waals surface area contributed by atoms with E-state index in [1.165, 1.54) is 0 Å². The summed E-state index contributed by atoms with van der Waals surface area (Å²) in [4.78, 5) is 4.22. The Morgan fingerprint density at radius 1 is 1.33 bits per heavy atom. The van der Waals surface area contributed by atoms with E-state index in [0.29, 0.717) is 10.5 Å². The highest BCUT2D eigenvalue weighted by Crippen LogP contribution is 2.31. The first kappa shape index (κ1) is 13.5. The van der Waals surface area contributed by atoms with Gasteiger partial charge in [-0.15, -0.1) is 0 Å². The second-order valence-electron chi connectivity index (χ2n) is 3.85. The van der Waals surface area contributed by atoms with E-state index >= 15 is 0 Å². The van der Waals surface area contributed by atoms with Gasteiger partial charge in [0.25, 0.3) is 0 Å². The smallest absolute Gasteiger partial charge is 0.0909 e. The Balaban J connectivity index is 2.50. The first-order valence-corrected chi connectivity index (χ1v) is 6.55. The molecule has 0 aliphatic carbocycles. The summed E-state index contributed by atoms with van der Waals surface area (Å²) < 4.78 is 0.848. The molecule has 6 heteroatoms. The molecule has 3 N–H and O–H groups in total. The topological polar surface area (TPSA) is 65.4 Å². The molecule has 0 amide bonds. The lowest BCUT2D eigenvalue weighted by Gasteiger charge is -2.16. The summed E-state index contributed by atoms with van der Waals surface area (Å²) in [6, 6.07) is 5.04. The Morgan fingerprint density at radius 3 is 2.72 bits per heavy atom. The zero-order valence-electron chi connectivity index (χ0n) is 9.40. The molecule has 0 saturated heterocycles. The van der Waals surface area contributed by atoms with E-state index in [1.807, 2.05) is 6.07 Å². The molecule has 0 bridgehead atoms. The largest absolute Gasteiger partial charge is 0.394 e. The van der Waals surface area contributed by atoms with E-state index in [2.05, 4.69) is 26.2 Å². The van der Waals surface area contributed by atoms with Crippen LogP contribution in [-0.4, -0.2) is 34.5 Å². The summed E-state index contributed by atoms with van der Waals surface area (Å²) >= 11 is 9.50. The molecule has 1 aromatic heterocycles. The fourth-order valence-corrected chi connectivity index (χ4v) is 2.53. The second kappa shape index (κ2) is 5.84. The fraction of sp³-hybridized carbons (Fsp3) is 0.250. The zero-order valence-corrected chi connectivity index (χ0v) is 11.7. The number of aliphatic hydroxyl groups excluding tert-OH is 2. The fourth-order valence-electron chi connectivity index (χ4n) is 1.67. The molecule has 0 spiro atoms. The molecule has 1 heterocycles. The third kappa shape index (κ3) is 2.75. The van der Waals surface area contributed by atoms with Gasteiger partial charge in [0.15, 0.2) is 0 Å². The predicted molar refractivity (Wildman–Crippen MR) is 76.0 cm³/mol. The van der Waals surface area contributed by atoms with Crippen LogP contribution in [0.25, 0.3) is 10.9 Å². The lowest BCUT2D eigenvalue weighted by Crippen LogP contribution is -2.27. The van der Waals surface area contributed by atoms with E-state index in [9.17, 15) is 0 Å². The normalized spacial score (nSPS) is 11.2. The highest BCUT2D eigenvalue weighted by Gasteiger charge is 2.10. The Morgan fingerprint density at radius 2 is 2.06 bits per heavy atom. The average Bonchev–Trinajstić information content (AvgIpc) is 2.36. The molecule has 0 aliphatic rings. The van der Waals surface area contributed by atoms with Crippen LogP contribution in [0.1, 0.15) is 0 Å². The van der Waals surface area contributed by atoms with Gasteiger partial charge in [-0.1, -0.05) is 27.5 Å². The molecule has 0 aliphatic heterocycles. The van der Waals surface area contributed by atoms with Crippen molar-refractivity contribution in [1.29, 1.82) is 0 Å². The first-order chi connectivity index (χ1) is 8.65. The number of benzene rings is 1. The van der Waals surface area contributed by atoms with Crippen LogP contribution >= 0.6 is 27.5 Å². The molecule has 1 aromatic carbocycles. The van der Waals surface area contributed by atoms with Crippen LogP contribution in [0, 0.1) is 0 Å². The number of pyridine rings is 1. The molecule has 18 heavy (non-hydrogen) atoms. The van der Waals surface area contributed by atoms with Crippen LogP contribution in [-0.2, 0) is 0 Å². The molecule has 0 saturated carbocycles. The Kier molecular flexibility index (Phi) is 4.40. The van der Waals surface area contributed by atoms with E-state index in [1.54, 1.807) is 18.3 Å². The standard InChI is InChI=1S/C12H12BrClN2O2/c13-7-3-9-11(16-8(5-17)6-18)1-2-15-12(9)10(14)4-7/h1-4,8,17-18H,5-6H2,(H,15,16). The van der Waals surface area contributed by atoms with E-state index in [0.717, 1.165) is 15.5 Å². The maximum absolute atomic E-state index is 9.10. The van der Waals surface area contributed by atoms with Crippen molar-refractivity contribution in [2.45, 2.75) is 6.04 Å². The van der Waals surface area contributed by atoms with Crippen molar-refractivity contribution in [3.8, 4) is 0 Å². The first-order valence-electron chi connectivity index (χ1n) is 5.37. The van der Waals surface area contributed by atoms with Gasteiger partial charge in [-0.05, 0) is 18.2 Å². The van der Waals surface area contributed by atoms with Crippen molar-refractivity contribution in [3.05, 3.63) is 33.9 Å². The average molecular weight is 332 g/mol. The molecule has 0 fully saturated rings. The number of hydrogen-bond acceptors (Lipinski definition) is 4. The van der Waals surface area contributed by atoms with Crippen molar-refractivity contribution < 1.29 is 10.2 Å². The number of hydrogen-bond donors (Lipinski definition) is 3. The number of halogens is 2. The van der Waals surface area contributed by atoms with Crippen LogP contribution in [0.3, 0.4) is 0 Å². The van der Waals surface area contributed by atoms with Gasteiger partial charge in [0, 0.05) is 21.7 Å². The maximum atomic E-state index is 9.10. The van der Waals surface area contributed by atoms with Gasteiger partial charge in [-0.2, -0.15) is 0 Å². The lowest BCUT2D eigenvalue weighted by atomic mass is 10.1. The number of aliphatic hydroxyl groups is 2. The van der Waals surface area contributed by atoms with Crippen molar-refractivity contribution >= 4 is 44.1 Å². The minimum Gasteiger partial charge on any atom is -0.394 e. The van der Waals surface area contributed by atoms with Gasteiger partial charge >= 0.3 is 0 Å². The highest BCUT2D eigenvalue weighted by molar-refractivity contribution is 9.10. The Bertz CT molecular complexity index is 561. The molecule has 0 unspecified atom stereocenters. The summed E-state index contributed by atoms with van der Waals surface area (Å²) in [5, 5.41) is 22.6. The van der Waals surface area contributed by atoms with E-state index in [-0.39, 0.29) is 13.2 Å². The summed E-state index contributed by atoms with van der Waals surface area (Å²) in [7, 11) is 0. The van der Waals surface area contributed by atoms with E-state index in [4.69, 9.17) is 21.8 Å². The number of rotatable bonds is 4. The van der Waals surface area contributed by atoms with Crippen LogP contribution in [0.5, 0.6) is 0 Å². The molecular formula is C12H12BrClN2O2. The van der Waals surface area contributed by atoms with Gasteiger partial charge < -0.3 is 15.5 Å². The molecule has 4 nitrogen and oxygen atoms in total. The molecule has 0 radical (unpaired) electrons. The molecule has 2 rings (SSSR count). The van der Waals surface area contributed by atoms with Crippen molar-refractivity contribution in [2.24, 2.45) is 0 Å². The minimum atomic E-state index is -0.409. The van der Waals surface area contributed by atoms with Gasteiger partial charge in [0.1, 0.15) is 0 Å². The van der Waals surface area contributed by atoms with Gasteiger partial charge in [-0.3, -0.25) is 4.98 Å². The van der Waals surface area contributed by atoms with Crippen LogP contribution in [0.4, 0.5) is 5.69 Å². The zero-order chi connectivity index (χ0) is 13.1. The van der Waals surface area contributed by atoms with Gasteiger partial charge in [0.2, 0.25) is 0 Å². The summed E-state index contributed by atoms with van der Waals surface area (Å²) in [5.74, 6) is 0. The molecule has 0 atom stereocenters. The molecular weight excluding hydrogens is 320 g/mol. The molecule has 96 valence electrons. The highest BCUT2D eigenvalue weighted by atomic mass is 79.9. The Labute approximate surface area is 118 Å². The summed E-state index contributed by atoms with van der Waals surface area (Å²) in [6.07, 6.45) is 1.64. The van der Waals surface area contributed by atoms with E-state index < -0.39 is 6.04 Å². The van der Waals surface area contributed by atoms with Crippen molar-refractivity contribution in [1.82, 2.24) is 4.98 Å². The predicted octanol–water partition coefficient (Wildman–Crippen LogP) is 2.42. The number of fused-ring (bicyclic) bond motifs is 1. The summed E-state index contributed by atoms with van der Waals surface area (Å²) in [6.45, 7) is -0.301. The second-order valence-corrected chi connectivity index (χ2v) is 5.17. The van der Waals surface area contributed by atoms with Crippen molar-refractivity contribution in [3.63, 3.8) is 0 Å². The van der Waals surface area contributed by atoms with Crippen molar-refractivity contribution in [2.75, 3.05) is 18.5 Å². The number of nitrogens with zero attached hydrogens (tertiary/aromatic N) is 1. The third-order valence-electron chi connectivity index (χ3n) is 2.56. The monoisotopic (exact) mass is 330 g/mol. The number of nitrogens with one attached hydrogen (secondary N) is 1. The van der Waals surface area contributed by atoms with Crippen LogP contribution in [0.2, 0.25) is 5.02 Å². The maximum Gasteiger partial charge on any atom is 0.0909 e. The van der Waals surface area contributed by atoms with Crippen LogP contribution < -0.4 is 5.32 Å². The van der Waals surface area contributed by atoms with Crippen LogP contribution in [0.15, 0.2) is 28.9 Å². The summed E-state index contributed by atoms with van der Waals surface area (Å²) in [5.41, 5.74) is 1.45. The Hall–Kier alpha value is -0.880. The third-order valence-corrected chi connectivity index (χ3v) is 3.31. The molecule has 2 aromatic rings. The number of aromatic nitrogens is 1. The number of anilines is 1. The van der Waals surface area contributed by atoms with Gasteiger partial charge in [-0.25, -0.2) is 0 Å². The quantitative estimate of drug-likeness (QED) is 0.805. The van der Waals surface area contributed by atoms with Gasteiger partial charge in [0.05, 0.1) is 29.8 Å². The SMILES string of the molecule is OCC(CO)Nc1ccnc2c(Cl)cc(Br)cc12. The lowest BCUT2D eigenvalue weighted by molar-refractivity contribution is 0.204.